The van der Waals surface area contributed by atoms with Crippen LogP contribution in [0.25, 0.3) is 6.08 Å². The summed E-state index contributed by atoms with van der Waals surface area (Å²) in [7, 11) is 0. The molecule has 0 radical (unpaired) electrons. The lowest BCUT2D eigenvalue weighted by Gasteiger charge is -2.02. The van der Waals surface area contributed by atoms with Crippen molar-refractivity contribution < 1.29 is 4.79 Å². The number of rotatable bonds is 3. The molecule has 13 heavy (non-hydrogen) atoms. The van der Waals surface area contributed by atoms with Gasteiger partial charge < -0.3 is 0 Å². The first-order valence-corrected chi connectivity index (χ1v) is 4.49. The summed E-state index contributed by atoms with van der Waals surface area (Å²) >= 11 is 0. The molecule has 0 fully saturated rings. The van der Waals surface area contributed by atoms with Crippen molar-refractivity contribution in [1.29, 1.82) is 0 Å². The molecule has 0 amide bonds. The molecule has 0 heterocycles. The summed E-state index contributed by atoms with van der Waals surface area (Å²) in [6, 6.07) is 8.13. The highest BCUT2D eigenvalue weighted by molar-refractivity contribution is 5.81. The van der Waals surface area contributed by atoms with Crippen molar-refractivity contribution in [3.05, 3.63) is 41.0 Å². The van der Waals surface area contributed by atoms with E-state index in [-0.39, 0.29) is 0 Å². The van der Waals surface area contributed by atoms with E-state index in [9.17, 15) is 4.79 Å². The number of hydrogen-bond acceptors (Lipinski definition) is 1. The maximum Gasteiger partial charge on any atom is 0.145 e. The van der Waals surface area contributed by atoms with Gasteiger partial charge in [0.1, 0.15) is 6.29 Å². The van der Waals surface area contributed by atoms with Crippen molar-refractivity contribution in [1.82, 2.24) is 0 Å². The summed E-state index contributed by atoms with van der Waals surface area (Å²) in [4.78, 5) is 10.4. The Morgan fingerprint density at radius 3 is 2.69 bits per heavy atom. The Hall–Kier alpha value is -1.37. The summed E-state index contributed by atoms with van der Waals surface area (Å²) in [5, 5.41) is 0. The molecule has 0 bridgehead atoms. The lowest BCUT2D eigenvalue weighted by atomic mass is 10.0. The third-order valence-corrected chi connectivity index (χ3v) is 2.01. The van der Waals surface area contributed by atoms with Gasteiger partial charge in [-0.3, -0.25) is 4.79 Å². The predicted molar refractivity (Wildman–Crippen MR) is 55.5 cm³/mol. The Bertz CT molecular complexity index is 324. The van der Waals surface area contributed by atoms with Crippen LogP contribution in [0.15, 0.2) is 29.8 Å². The number of carbonyl (C=O) groups excluding carboxylic acids is 1. The summed E-state index contributed by atoms with van der Waals surface area (Å²) in [5.74, 6) is 0. The quantitative estimate of drug-likeness (QED) is 0.508. The van der Waals surface area contributed by atoms with Crippen LogP contribution in [0.1, 0.15) is 25.0 Å². The van der Waals surface area contributed by atoms with Gasteiger partial charge in [-0.05, 0) is 36.1 Å². The number of carbonyl (C=O) groups is 1. The molecule has 0 N–H and O–H groups in total. The van der Waals surface area contributed by atoms with Crippen LogP contribution >= 0.6 is 0 Å². The van der Waals surface area contributed by atoms with Crippen LogP contribution in [0.4, 0.5) is 0 Å². The summed E-state index contributed by atoms with van der Waals surface area (Å²) in [6.45, 7) is 3.93. The van der Waals surface area contributed by atoms with E-state index < -0.39 is 0 Å². The van der Waals surface area contributed by atoms with Gasteiger partial charge in [-0.25, -0.2) is 0 Å². The molecule has 0 aromatic heterocycles. The molecule has 0 atom stereocenters. The average molecular weight is 174 g/mol. The molecule has 0 saturated heterocycles. The highest BCUT2D eigenvalue weighted by Crippen LogP contribution is 2.12. The highest BCUT2D eigenvalue weighted by Gasteiger charge is 1.95. The van der Waals surface area contributed by atoms with Gasteiger partial charge in [-0.15, -0.1) is 0 Å². The molecular weight excluding hydrogens is 160 g/mol. The number of hydrogen-bond donors (Lipinski definition) is 0. The van der Waals surface area contributed by atoms with Crippen molar-refractivity contribution in [2.45, 2.75) is 20.3 Å². The van der Waals surface area contributed by atoms with E-state index >= 15 is 0 Å². The standard InChI is InChI=1S/C12H14O/c1-3-11-6-4-5-7-12(11)8-10(2)9-13/h4-9H,3H2,1-2H3/b10-8-. The molecular formula is C12H14O. The predicted octanol–water partition coefficient (Wildman–Crippen LogP) is 2.85. The maximum absolute atomic E-state index is 10.4. The first-order valence-electron chi connectivity index (χ1n) is 4.49. The molecule has 1 aromatic carbocycles. The van der Waals surface area contributed by atoms with Crippen molar-refractivity contribution in [3.63, 3.8) is 0 Å². The third-order valence-electron chi connectivity index (χ3n) is 2.01. The minimum absolute atomic E-state index is 0.765. The lowest BCUT2D eigenvalue weighted by Crippen LogP contribution is -1.86. The molecule has 1 nitrogen and oxygen atoms in total. The summed E-state index contributed by atoms with van der Waals surface area (Å²) < 4.78 is 0. The molecule has 0 aliphatic rings. The van der Waals surface area contributed by atoms with E-state index in [1.54, 1.807) is 0 Å². The normalized spacial score (nSPS) is 11.4. The van der Waals surface area contributed by atoms with Gasteiger partial charge in [0.15, 0.2) is 0 Å². The van der Waals surface area contributed by atoms with Crippen LogP contribution in [0.3, 0.4) is 0 Å². The fraction of sp³-hybridized carbons (Fsp3) is 0.250. The smallest absolute Gasteiger partial charge is 0.145 e. The van der Waals surface area contributed by atoms with Crippen molar-refractivity contribution in [3.8, 4) is 0 Å². The van der Waals surface area contributed by atoms with Crippen LogP contribution in [0, 0.1) is 0 Å². The van der Waals surface area contributed by atoms with Crippen LogP contribution in [-0.2, 0) is 11.2 Å². The van der Waals surface area contributed by atoms with Gasteiger partial charge in [0, 0.05) is 0 Å². The van der Waals surface area contributed by atoms with E-state index in [0.29, 0.717) is 0 Å². The molecule has 0 aliphatic heterocycles. The Kier molecular flexibility index (Phi) is 3.44. The second kappa shape index (κ2) is 4.61. The first-order chi connectivity index (χ1) is 6.27. The van der Waals surface area contributed by atoms with Gasteiger partial charge in [-0.2, -0.15) is 0 Å². The Morgan fingerprint density at radius 2 is 2.08 bits per heavy atom. The average Bonchev–Trinajstić information content (AvgIpc) is 2.18. The molecule has 0 spiro atoms. The van der Waals surface area contributed by atoms with Crippen molar-refractivity contribution in [2.75, 3.05) is 0 Å². The van der Waals surface area contributed by atoms with Crippen LogP contribution in [0.2, 0.25) is 0 Å². The fourth-order valence-electron chi connectivity index (χ4n) is 1.28. The minimum Gasteiger partial charge on any atom is -0.298 e. The first kappa shape index (κ1) is 9.72. The zero-order valence-corrected chi connectivity index (χ0v) is 8.08. The monoisotopic (exact) mass is 174 g/mol. The molecule has 0 aliphatic carbocycles. The SMILES string of the molecule is CCc1ccccc1/C=C(/C)C=O. The van der Waals surface area contributed by atoms with E-state index in [1.165, 1.54) is 5.56 Å². The summed E-state index contributed by atoms with van der Waals surface area (Å²) in [5.41, 5.74) is 3.19. The number of aryl methyl sites for hydroxylation is 1. The van der Waals surface area contributed by atoms with Crippen molar-refractivity contribution in [2.24, 2.45) is 0 Å². The fourth-order valence-corrected chi connectivity index (χ4v) is 1.28. The zero-order valence-electron chi connectivity index (χ0n) is 8.08. The molecule has 1 aromatic rings. The van der Waals surface area contributed by atoms with Gasteiger partial charge in [0.25, 0.3) is 0 Å². The van der Waals surface area contributed by atoms with Crippen molar-refractivity contribution >= 4 is 12.4 Å². The molecule has 68 valence electrons. The maximum atomic E-state index is 10.4. The van der Waals surface area contributed by atoms with Gasteiger partial charge in [-0.1, -0.05) is 31.2 Å². The zero-order chi connectivity index (χ0) is 9.68. The second-order valence-corrected chi connectivity index (χ2v) is 3.06. The number of aldehydes is 1. The van der Waals surface area contributed by atoms with Crippen LogP contribution in [-0.4, -0.2) is 6.29 Å². The van der Waals surface area contributed by atoms with E-state index in [2.05, 4.69) is 13.0 Å². The topological polar surface area (TPSA) is 17.1 Å². The van der Waals surface area contributed by atoms with E-state index in [4.69, 9.17) is 0 Å². The highest BCUT2D eigenvalue weighted by atomic mass is 16.1. The molecule has 0 saturated carbocycles. The summed E-state index contributed by atoms with van der Waals surface area (Å²) in [6.07, 6.45) is 3.80. The van der Waals surface area contributed by atoms with Crippen LogP contribution in [0.5, 0.6) is 0 Å². The molecule has 1 rings (SSSR count). The van der Waals surface area contributed by atoms with Gasteiger partial charge in [0.2, 0.25) is 0 Å². The third kappa shape index (κ3) is 2.55. The lowest BCUT2D eigenvalue weighted by molar-refractivity contribution is -0.104. The molecule has 1 heteroatoms. The van der Waals surface area contributed by atoms with Gasteiger partial charge in [0.05, 0.1) is 0 Å². The largest absolute Gasteiger partial charge is 0.298 e. The number of benzene rings is 1. The van der Waals surface area contributed by atoms with Gasteiger partial charge >= 0.3 is 0 Å². The van der Waals surface area contributed by atoms with E-state index in [1.807, 2.05) is 31.2 Å². The Morgan fingerprint density at radius 1 is 1.38 bits per heavy atom. The van der Waals surface area contributed by atoms with Crippen LogP contribution < -0.4 is 0 Å². The number of allylic oxidation sites excluding steroid dienone is 1. The molecule has 0 unspecified atom stereocenters. The Labute approximate surface area is 79.1 Å². The van der Waals surface area contributed by atoms with E-state index in [0.717, 1.165) is 23.8 Å². The Balaban J connectivity index is 3.06. The minimum atomic E-state index is 0.765. The second-order valence-electron chi connectivity index (χ2n) is 3.06.